The van der Waals surface area contributed by atoms with Gasteiger partial charge in [-0.2, -0.15) is 0 Å². The molecular weight excluding hydrogens is 190 g/mol. The Bertz CT molecular complexity index is 441. The summed E-state index contributed by atoms with van der Waals surface area (Å²) in [6.45, 7) is 0.264. The second-order valence-corrected chi connectivity index (χ2v) is 5.05. The molecule has 1 aromatic heterocycles. The Morgan fingerprint density at radius 1 is 1.38 bits per heavy atom. The maximum absolute atomic E-state index is 11.2. The van der Waals surface area contributed by atoms with Crippen LogP contribution in [-0.2, 0) is 27.9 Å². The highest BCUT2D eigenvalue weighted by Gasteiger charge is 2.28. The number of nitrogens with zero attached hydrogens (tertiary/aromatic N) is 2. The fraction of sp³-hybridized carbons (Fsp3) is 0.429. The van der Waals surface area contributed by atoms with Crippen molar-refractivity contribution in [1.29, 1.82) is 0 Å². The van der Waals surface area contributed by atoms with E-state index in [2.05, 4.69) is 9.97 Å². The van der Waals surface area contributed by atoms with Crippen LogP contribution >= 0.6 is 0 Å². The largest absolute Gasteiger partial charge is 0.325 e. The summed E-state index contributed by atoms with van der Waals surface area (Å²) in [7, 11) is -3.00. The lowest BCUT2D eigenvalue weighted by atomic mass is 10.2. The van der Waals surface area contributed by atoms with E-state index in [0.29, 0.717) is 17.0 Å². The molecule has 6 heteroatoms. The third-order valence-corrected chi connectivity index (χ3v) is 3.48. The van der Waals surface area contributed by atoms with Gasteiger partial charge in [-0.05, 0) is 0 Å². The lowest BCUT2D eigenvalue weighted by Gasteiger charge is -2.00. The summed E-state index contributed by atoms with van der Waals surface area (Å²) in [5.41, 5.74) is 7.38. The number of nitrogens with two attached hydrogens (primary N) is 1. The van der Waals surface area contributed by atoms with Gasteiger partial charge in [0, 0.05) is 12.1 Å². The first kappa shape index (κ1) is 8.58. The highest BCUT2D eigenvalue weighted by molar-refractivity contribution is 7.90. The zero-order valence-corrected chi connectivity index (χ0v) is 7.71. The van der Waals surface area contributed by atoms with E-state index in [1.54, 1.807) is 0 Å². The van der Waals surface area contributed by atoms with Crippen molar-refractivity contribution in [1.82, 2.24) is 9.97 Å². The standard InChI is InChI=1S/C7H9N3O2S/c8-1-6-5-2-13(11,12)3-7(5)10-4-9-6/h4H,1-3,8H2. The molecule has 2 N–H and O–H groups in total. The Hall–Kier alpha value is -1.01. The first-order chi connectivity index (χ1) is 6.12. The summed E-state index contributed by atoms with van der Waals surface area (Å²) in [4.78, 5) is 7.85. The van der Waals surface area contributed by atoms with Crippen LogP contribution in [0.25, 0.3) is 0 Å². The van der Waals surface area contributed by atoms with E-state index in [1.165, 1.54) is 6.33 Å². The zero-order chi connectivity index (χ0) is 9.47. The van der Waals surface area contributed by atoms with E-state index in [4.69, 9.17) is 5.73 Å². The Balaban J connectivity index is 2.57. The van der Waals surface area contributed by atoms with Crippen molar-refractivity contribution in [3.8, 4) is 0 Å². The summed E-state index contributed by atoms with van der Waals surface area (Å²) in [5, 5.41) is 0. The van der Waals surface area contributed by atoms with Gasteiger partial charge < -0.3 is 5.73 Å². The molecule has 0 saturated heterocycles. The van der Waals surface area contributed by atoms with E-state index < -0.39 is 9.84 Å². The quantitative estimate of drug-likeness (QED) is 0.650. The van der Waals surface area contributed by atoms with Crippen LogP contribution in [0, 0.1) is 0 Å². The van der Waals surface area contributed by atoms with Crippen molar-refractivity contribution >= 4 is 9.84 Å². The minimum absolute atomic E-state index is 0.0256. The van der Waals surface area contributed by atoms with Crippen LogP contribution in [-0.4, -0.2) is 18.4 Å². The third-order valence-electron chi connectivity index (χ3n) is 2.04. The lowest BCUT2D eigenvalue weighted by molar-refractivity contribution is 0.597. The second kappa shape index (κ2) is 2.74. The highest BCUT2D eigenvalue weighted by atomic mass is 32.2. The molecule has 0 radical (unpaired) electrons. The molecule has 1 aromatic rings. The minimum Gasteiger partial charge on any atom is -0.325 e. The van der Waals surface area contributed by atoms with Crippen LogP contribution in [0.2, 0.25) is 0 Å². The molecule has 0 atom stereocenters. The highest BCUT2D eigenvalue weighted by Crippen LogP contribution is 2.24. The number of hydrogen-bond acceptors (Lipinski definition) is 5. The van der Waals surface area contributed by atoms with E-state index in [-0.39, 0.29) is 18.1 Å². The van der Waals surface area contributed by atoms with Gasteiger partial charge in [0.25, 0.3) is 0 Å². The average Bonchev–Trinajstić information content (AvgIpc) is 2.37. The topological polar surface area (TPSA) is 85.9 Å². The molecule has 0 aromatic carbocycles. The van der Waals surface area contributed by atoms with Gasteiger partial charge in [-0.1, -0.05) is 0 Å². The molecular formula is C7H9N3O2S. The van der Waals surface area contributed by atoms with Crippen molar-refractivity contribution in [2.45, 2.75) is 18.1 Å². The molecule has 1 aliphatic heterocycles. The van der Waals surface area contributed by atoms with Gasteiger partial charge in [0.2, 0.25) is 0 Å². The predicted octanol–water partition coefficient (Wildman–Crippen LogP) is -0.636. The summed E-state index contributed by atoms with van der Waals surface area (Å²) >= 11 is 0. The molecule has 13 heavy (non-hydrogen) atoms. The van der Waals surface area contributed by atoms with Crippen molar-refractivity contribution < 1.29 is 8.42 Å². The van der Waals surface area contributed by atoms with Gasteiger partial charge >= 0.3 is 0 Å². The SMILES string of the molecule is NCc1ncnc2c1CS(=O)(=O)C2. The summed E-state index contributed by atoms with van der Waals surface area (Å²) in [5.74, 6) is 0.0631. The molecule has 0 aliphatic carbocycles. The van der Waals surface area contributed by atoms with E-state index in [9.17, 15) is 8.42 Å². The fourth-order valence-electron chi connectivity index (χ4n) is 1.44. The monoisotopic (exact) mass is 199 g/mol. The molecule has 0 spiro atoms. The Morgan fingerprint density at radius 2 is 2.15 bits per heavy atom. The Labute approximate surface area is 75.9 Å². The van der Waals surface area contributed by atoms with Gasteiger partial charge in [0.1, 0.15) is 6.33 Å². The maximum atomic E-state index is 11.2. The molecule has 2 rings (SSSR count). The number of rotatable bonds is 1. The minimum atomic E-state index is -3.00. The summed E-state index contributed by atoms with van der Waals surface area (Å²) in [6, 6.07) is 0. The number of sulfone groups is 1. The average molecular weight is 199 g/mol. The second-order valence-electron chi connectivity index (χ2n) is 2.98. The molecule has 0 amide bonds. The molecule has 70 valence electrons. The van der Waals surface area contributed by atoms with Crippen LogP contribution in [0.15, 0.2) is 6.33 Å². The molecule has 0 bridgehead atoms. The number of hydrogen-bond donors (Lipinski definition) is 1. The van der Waals surface area contributed by atoms with Gasteiger partial charge in [0.15, 0.2) is 9.84 Å². The molecule has 2 heterocycles. The van der Waals surface area contributed by atoms with Crippen molar-refractivity contribution in [2.75, 3.05) is 0 Å². The van der Waals surface area contributed by atoms with Gasteiger partial charge in [-0.15, -0.1) is 0 Å². The molecule has 0 saturated carbocycles. The first-order valence-corrected chi connectivity index (χ1v) is 5.66. The Morgan fingerprint density at radius 3 is 2.85 bits per heavy atom. The van der Waals surface area contributed by atoms with Crippen LogP contribution < -0.4 is 5.73 Å². The van der Waals surface area contributed by atoms with Gasteiger partial charge in [0.05, 0.1) is 22.9 Å². The van der Waals surface area contributed by atoms with Gasteiger partial charge in [-0.3, -0.25) is 0 Å². The molecule has 5 nitrogen and oxygen atoms in total. The predicted molar refractivity (Wildman–Crippen MR) is 46.3 cm³/mol. The van der Waals surface area contributed by atoms with Gasteiger partial charge in [-0.25, -0.2) is 18.4 Å². The third kappa shape index (κ3) is 1.42. The van der Waals surface area contributed by atoms with Crippen molar-refractivity contribution in [3.05, 3.63) is 23.3 Å². The smallest absolute Gasteiger partial charge is 0.160 e. The number of aromatic nitrogens is 2. The van der Waals surface area contributed by atoms with Crippen molar-refractivity contribution in [3.63, 3.8) is 0 Å². The first-order valence-electron chi connectivity index (χ1n) is 3.84. The van der Waals surface area contributed by atoms with Crippen molar-refractivity contribution in [2.24, 2.45) is 5.73 Å². The van der Waals surface area contributed by atoms with Crippen LogP contribution in [0.3, 0.4) is 0 Å². The molecule has 0 unspecified atom stereocenters. The van der Waals surface area contributed by atoms with Crippen LogP contribution in [0.1, 0.15) is 17.0 Å². The Kier molecular flexibility index (Phi) is 1.81. The normalized spacial score (nSPS) is 18.5. The van der Waals surface area contributed by atoms with Crippen LogP contribution in [0.5, 0.6) is 0 Å². The van der Waals surface area contributed by atoms with Crippen LogP contribution in [0.4, 0.5) is 0 Å². The lowest BCUT2D eigenvalue weighted by Crippen LogP contribution is -2.05. The van der Waals surface area contributed by atoms with E-state index in [1.807, 2.05) is 0 Å². The molecule has 1 aliphatic rings. The zero-order valence-electron chi connectivity index (χ0n) is 6.90. The summed E-state index contributed by atoms with van der Waals surface area (Å²) < 4.78 is 22.5. The number of fused-ring (bicyclic) bond motifs is 1. The summed E-state index contributed by atoms with van der Waals surface area (Å²) in [6.07, 6.45) is 1.36. The molecule has 0 fully saturated rings. The van der Waals surface area contributed by atoms with E-state index >= 15 is 0 Å². The maximum Gasteiger partial charge on any atom is 0.160 e. The van der Waals surface area contributed by atoms with E-state index in [0.717, 1.165) is 0 Å². The fourth-order valence-corrected chi connectivity index (χ4v) is 2.98.